The number of hydrogen-bond donors (Lipinski definition) is 1. The molecule has 0 aromatic heterocycles. The highest BCUT2D eigenvalue weighted by Gasteiger charge is 1.89. The molecule has 0 aliphatic rings. The second-order valence-electron chi connectivity index (χ2n) is 2.65. The van der Waals surface area contributed by atoms with Crippen molar-refractivity contribution in [2.75, 3.05) is 5.33 Å². The fourth-order valence-corrected chi connectivity index (χ4v) is 1.19. The van der Waals surface area contributed by atoms with Gasteiger partial charge in [-0.2, -0.15) is 0 Å². The standard InChI is InChI=1S/C11H12BrN/c12-7-2-1-4-10-5-3-6-11(8-10)9-13/h3,5-6,8H,2,7,9,13H2. The van der Waals surface area contributed by atoms with E-state index in [-0.39, 0.29) is 0 Å². The van der Waals surface area contributed by atoms with Crippen molar-refractivity contribution in [2.24, 2.45) is 5.73 Å². The molecule has 0 spiro atoms. The van der Waals surface area contributed by atoms with E-state index in [0.717, 1.165) is 22.9 Å². The van der Waals surface area contributed by atoms with E-state index >= 15 is 0 Å². The van der Waals surface area contributed by atoms with Crippen molar-refractivity contribution < 1.29 is 0 Å². The Hall–Kier alpha value is -0.780. The Labute approximate surface area is 87.5 Å². The van der Waals surface area contributed by atoms with Crippen molar-refractivity contribution in [2.45, 2.75) is 13.0 Å². The van der Waals surface area contributed by atoms with Crippen molar-refractivity contribution in [3.05, 3.63) is 35.4 Å². The molecule has 0 aliphatic carbocycles. The van der Waals surface area contributed by atoms with Gasteiger partial charge in [0.15, 0.2) is 0 Å². The van der Waals surface area contributed by atoms with Crippen LogP contribution in [0.3, 0.4) is 0 Å². The summed E-state index contributed by atoms with van der Waals surface area (Å²) >= 11 is 3.33. The molecule has 68 valence electrons. The minimum atomic E-state index is 0.577. The number of rotatable bonds is 2. The van der Waals surface area contributed by atoms with Crippen LogP contribution < -0.4 is 5.73 Å². The molecule has 0 aliphatic heterocycles. The first-order chi connectivity index (χ1) is 6.36. The van der Waals surface area contributed by atoms with Crippen LogP contribution in [0, 0.1) is 11.8 Å². The van der Waals surface area contributed by atoms with Gasteiger partial charge < -0.3 is 5.73 Å². The SMILES string of the molecule is NCc1cccc(C#CCCBr)c1. The van der Waals surface area contributed by atoms with E-state index in [1.807, 2.05) is 24.3 Å². The predicted molar refractivity (Wildman–Crippen MR) is 59.6 cm³/mol. The quantitative estimate of drug-likeness (QED) is 0.620. The first kappa shape index (κ1) is 10.3. The fraction of sp³-hybridized carbons (Fsp3) is 0.273. The zero-order valence-corrected chi connectivity index (χ0v) is 8.97. The van der Waals surface area contributed by atoms with Crippen LogP contribution in [0.2, 0.25) is 0 Å². The second-order valence-corrected chi connectivity index (χ2v) is 3.44. The van der Waals surface area contributed by atoms with Crippen LogP contribution in [0.1, 0.15) is 17.5 Å². The zero-order chi connectivity index (χ0) is 9.52. The predicted octanol–water partition coefficient (Wildman–Crippen LogP) is 2.28. The molecule has 0 bridgehead atoms. The monoisotopic (exact) mass is 237 g/mol. The summed E-state index contributed by atoms with van der Waals surface area (Å²) in [5.41, 5.74) is 7.69. The van der Waals surface area contributed by atoms with Crippen molar-refractivity contribution in [1.29, 1.82) is 0 Å². The van der Waals surface area contributed by atoms with Crippen LogP contribution >= 0.6 is 15.9 Å². The molecule has 1 rings (SSSR count). The lowest BCUT2D eigenvalue weighted by molar-refractivity contribution is 1.07. The zero-order valence-electron chi connectivity index (χ0n) is 7.39. The van der Waals surface area contributed by atoms with E-state index in [1.54, 1.807) is 0 Å². The Morgan fingerprint density at radius 1 is 1.38 bits per heavy atom. The van der Waals surface area contributed by atoms with Crippen LogP contribution in [0.15, 0.2) is 24.3 Å². The molecule has 0 unspecified atom stereocenters. The van der Waals surface area contributed by atoms with Crippen LogP contribution in [0.4, 0.5) is 0 Å². The maximum Gasteiger partial charge on any atom is 0.0248 e. The number of alkyl halides is 1. The van der Waals surface area contributed by atoms with Gasteiger partial charge in [0.1, 0.15) is 0 Å². The van der Waals surface area contributed by atoms with E-state index in [4.69, 9.17) is 5.73 Å². The van der Waals surface area contributed by atoms with Gasteiger partial charge in [-0.25, -0.2) is 0 Å². The van der Waals surface area contributed by atoms with Gasteiger partial charge >= 0.3 is 0 Å². The normalized spacial score (nSPS) is 9.08. The molecule has 13 heavy (non-hydrogen) atoms. The molecule has 2 heteroatoms. The molecular weight excluding hydrogens is 226 g/mol. The summed E-state index contributed by atoms with van der Waals surface area (Å²) in [6.07, 6.45) is 0.882. The summed E-state index contributed by atoms with van der Waals surface area (Å²) in [6.45, 7) is 0.577. The topological polar surface area (TPSA) is 26.0 Å². The van der Waals surface area contributed by atoms with Gasteiger partial charge in [0.25, 0.3) is 0 Å². The first-order valence-electron chi connectivity index (χ1n) is 4.20. The van der Waals surface area contributed by atoms with Gasteiger partial charge in [-0.1, -0.05) is 39.9 Å². The van der Waals surface area contributed by atoms with Crippen molar-refractivity contribution in [3.8, 4) is 11.8 Å². The van der Waals surface area contributed by atoms with Gasteiger partial charge in [-0.3, -0.25) is 0 Å². The Bertz CT molecular complexity index is 322. The largest absolute Gasteiger partial charge is 0.326 e. The lowest BCUT2D eigenvalue weighted by atomic mass is 10.1. The number of benzene rings is 1. The second kappa shape index (κ2) is 5.80. The third kappa shape index (κ3) is 3.63. The molecule has 1 nitrogen and oxygen atoms in total. The third-order valence-electron chi connectivity index (χ3n) is 1.61. The van der Waals surface area contributed by atoms with E-state index in [2.05, 4.69) is 27.8 Å². The lowest BCUT2D eigenvalue weighted by Crippen LogP contribution is -1.95. The summed E-state index contributed by atoms with van der Waals surface area (Å²) in [5, 5.41) is 0.927. The number of halogens is 1. The highest BCUT2D eigenvalue weighted by molar-refractivity contribution is 9.09. The first-order valence-corrected chi connectivity index (χ1v) is 5.33. The van der Waals surface area contributed by atoms with Gasteiger partial charge in [0.2, 0.25) is 0 Å². The van der Waals surface area contributed by atoms with E-state index in [9.17, 15) is 0 Å². The van der Waals surface area contributed by atoms with Gasteiger partial charge in [0.05, 0.1) is 0 Å². The van der Waals surface area contributed by atoms with Crippen molar-refractivity contribution in [3.63, 3.8) is 0 Å². The average Bonchev–Trinajstić information content (AvgIpc) is 2.19. The average molecular weight is 238 g/mol. The van der Waals surface area contributed by atoms with Crippen LogP contribution in [-0.2, 0) is 6.54 Å². The molecule has 0 saturated heterocycles. The smallest absolute Gasteiger partial charge is 0.0248 e. The Balaban J connectivity index is 2.73. The summed E-state index contributed by atoms with van der Waals surface area (Å²) in [5.74, 6) is 6.15. The number of hydrogen-bond acceptors (Lipinski definition) is 1. The van der Waals surface area contributed by atoms with Crippen LogP contribution in [0.25, 0.3) is 0 Å². The molecule has 0 fully saturated rings. The molecule has 0 amide bonds. The maximum absolute atomic E-state index is 5.52. The summed E-state index contributed by atoms with van der Waals surface area (Å²) in [7, 11) is 0. The van der Waals surface area contributed by atoms with Crippen molar-refractivity contribution >= 4 is 15.9 Å². The molecule has 1 aromatic rings. The minimum Gasteiger partial charge on any atom is -0.326 e. The van der Waals surface area contributed by atoms with Gasteiger partial charge in [-0.15, -0.1) is 0 Å². The molecule has 0 heterocycles. The highest BCUT2D eigenvalue weighted by Crippen LogP contribution is 2.02. The van der Waals surface area contributed by atoms with Crippen LogP contribution in [-0.4, -0.2) is 5.33 Å². The minimum absolute atomic E-state index is 0.577. The third-order valence-corrected chi connectivity index (χ3v) is 2.01. The number of nitrogens with two attached hydrogens (primary N) is 1. The molecule has 0 atom stereocenters. The van der Waals surface area contributed by atoms with Gasteiger partial charge in [-0.05, 0) is 17.7 Å². The van der Waals surface area contributed by atoms with E-state index in [1.165, 1.54) is 0 Å². The summed E-state index contributed by atoms with van der Waals surface area (Å²) in [4.78, 5) is 0. The Morgan fingerprint density at radius 2 is 2.23 bits per heavy atom. The molecule has 2 N–H and O–H groups in total. The molecule has 0 radical (unpaired) electrons. The lowest BCUT2D eigenvalue weighted by Gasteiger charge is -1.95. The van der Waals surface area contributed by atoms with Gasteiger partial charge in [0, 0.05) is 23.9 Å². The Morgan fingerprint density at radius 3 is 2.92 bits per heavy atom. The van der Waals surface area contributed by atoms with Crippen molar-refractivity contribution in [1.82, 2.24) is 0 Å². The van der Waals surface area contributed by atoms with Crippen LogP contribution in [0.5, 0.6) is 0 Å². The molecule has 1 aromatic carbocycles. The Kier molecular flexibility index (Phi) is 4.59. The maximum atomic E-state index is 5.52. The summed E-state index contributed by atoms with van der Waals surface area (Å²) < 4.78 is 0. The highest BCUT2D eigenvalue weighted by atomic mass is 79.9. The van der Waals surface area contributed by atoms with E-state index in [0.29, 0.717) is 6.54 Å². The fourth-order valence-electron chi connectivity index (χ4n) is 0.988. The molecule has 0 saturated carbocycles. The summed E-state index contributed by atoms with van der Waals surface area (Å²) in [6, 6.07) is 8.03. The van der Waals surface area contributed by atoms with E-state index < -0.39 is 0 Å². The molecular formula is C11H12BrN.